The number of ether oxygens (including phenoxy) is 1. The van der Waals surface area contributed by atoms with Crippen molar-refractivity contribution < 1.29 is 9.13 Å². The lowest BCUT2D eigenvalue weighted by molar-refractivity contribution is 0.0985. The normalized spacial score (nSPS) is 18.5. The van der Waals surface area contributed by atoms with Crippen LogP contribution in [0, 0.1) is 5.82 Å². The number of likely N-dealkylation sites (N-methyl/N-ethyl adjacent to an activating group) is 1. The molecule has 0 atom stereocenters. The molecule has 1 saturated carbocycles. The van der Waals surface area contributed by atoms with Crippen molar-refractivity contribution in [3.05, 3.63) is 29.6 Å². The van der Waals surface area contributed by atoms with E-state index in [0.29, 0.717) is 24.4 Å². The molecule has 2 rings (SSSR count). The summed E-state index contributed by atoms with van der Waals surface area (Å²) in [6, 6.07) is 5.07. The average molecular weight is 294 g/mol. The summed E-state index contributed by atoms with van der Waals surface area (Å²) in [6.07, 6.45) is 7.22. The number of halogens is 1. The van der Waals surface area contributed by atoms with Crippen molar-refractivity contribution in [3.8, 4) is 5.75 Å². The Kier molecular flexibility index (Phi) is 5.59. The summed E-state index contributed by atoms with van der Waals surface area (Å²) >= 11 is 0. The highest BCUT2D eigenvalue weighted by Crippen LogP contribution is 2.32. The van der Waals surface area contributed by atoms with E-state index < -0.39 is 0 Å². The van der Waals surface area contributed by atoms with E-state index in [2.05, 4.69) is 11.9 Å². The molecule has 1 aromatic rings. The van der Waals surface area contributed by atoms with Gasteiger partial charge in [0.15, 0.2) is 0 Å². The monoisotopic (exact) mass is 294 g/mol. The summed E-state index contributed by atoms with van der Waals surface area (Å²) in [5.41, 5.74) is 6.81. The maximum Gasteiger partial charge on any atom is 0.131 e. The average Bonchev–Trinajstić information content (AvgIpc) is 2.75. The van der Waals surface area contributed by atoms with Gasteiger partial charge in [0.25, 0.3) is 0 Å². The molecular formula is C17H27FN2O. The van der Waals surface area contributed by atoms with Gasteiger partial charge in [-0.15, -0.1) is 0 Å². The quantitative estimate of drug-likeness (QED) is 0.847. The number of nitrogens with two attached hydrogens (primary N) is 1. The molecule has 118 valence electrons. The molecule has 0 heterocycles. The molecule has 1 aliphatic carbocycles. The van der Waals surface area contributed by atoms with Crippen LogP contribution in [0.4, 0.5) is 4.39 Å². The van der Waals surface area contributed by atoms with Gasteiger partial charge in [-0.3, -0.25) is 4.90 Å². The highest BCUT2D eigenvalue weighted by atomic mass is 19.1. The second-order valence-electron chi connectivity index (χ2n) is 6.16. The van der Waals surface area contributed by atoms with Crippen LogP contribution in [0.5, 0.6) is 5.75 Å². The minimum absolute atomic E-state index is 0.0167. The molecule has 3 nitrogen and oxygen atoms in total. The first-order valence-corrected chi connectivity index (χ1v) is 7.85. The summed E-state index contributed by atoms with van der Waals surface area (Å²) in [6.45, 7) is 1.23. The van der Waals surface area contributed by atoms with Crippen molar-refractivity contribution in [2.24, 2.45) is 5.73 Å². The van der Waals surface area contributed by atoms with Gasteiger partial charge in [-0.05, 0) is 26.0 Å². The molecule has 4 heteroatoms. The van der Waals surface area contributed by atoms with Gasteiger partial charge in [0, 0.05) is 30.3 Å². The lowest BCUT2D eigenvalue weighted by Crippen LogP contribution is -2.51. The summed E-state index contributed by atoms with van der Waals surface area (Å²) < 4.78 is 19.2. The predicted octanol–water partition coefficient (Wildman–Crippen LogP) is 3.32. The number of methoxy groups -OCH3 is 1. The van der Waals surface area contributed by atoms with Crippen LogP contribution in [0.15, 0.2) is 18.2 Å². The molecule has 1 aliphatic rings. The fourth-order valence-electron chi connectivity index (χ4n) is 3.33. The Labute approximate surface area is 127 Å². The molecule has 0 unspecified atom stereocenters. The summed E-state index contributed by atoms with van der Waals surface area (Å²) in [5, 5.41) is 0. The van der Waals surface area contributed by atoms with E-state index in [9.17, 15) is 4.39 Å². The Morgan fingerprint density at radius 1 is 1.24 bits per heavy atom. The Balaban J connectivity index is 2.13. The van der Waals surface area contributed by atoms with Crippen LogP contribution in [0.2, 0.25) is 0 Å². The van der Waals surface area contributed by atoms with Gasteiger partial charge in [-0.1, -0.05) is 31.7 Å². The Bertz CT molecular complexity index is 456. The van der Waals surface area contributed by atoms with Crippen molar-refractivity contribution in [2.45, 2.75) is 50.6 Å². The summed E-state index contributed by atoms with van der Waals surface area (Å²) in [4.78, 5) is 2.25. The first kappa shape index (κ1) is 16.2. The zero-order chi connectivity index (χ0) is 15.3. The van der Waals surface area contributed by atoms with Crippen molar-refractivity contribution in [3.63, 3.8) is 0 Å². The third-order valence-corrected chi connectivity index (χ3v) is 4.89. The maximum atomic E-state index is 14.1. The molecule has 1 fully saturated rings. The molecule has 21 heavy (non-hydrogen) atoms. The predicted molar refractivity (Wildman–Crippen MR) is 83.9 cm³/mol. The molecule has 0 radical (unpaired) electrons. The molecular weight excluding hydrogens is 267 g/mol. The third-order valence-electron chi connectivity index (χ3n) is 4.89. The van der Waals surface area contributed by atoms with Crippen LogP contribution in [0.1, 0.15) is 44.1 Å². The maximum absolute atomic E-state index is 14.1. The zero-order valence-electron chi connectivity index (χ0n) is 13.2. The van der Waals surface area contributed by atoms with Gasteiger partial charge < -0.3 is 10.5 Å². The molecule has 1 aromatic carbocycles. The van der Waals surface area contributed by atoms with Crippen molar-refractivity contribution in [1.29, 1.82) is 0 Å². The minimum Gasteiger partial charge on any atom is -0.497 e. The van der Waals surface area contributed by atoms with Crippen molar-refractivity contribution in [2.75, 3.05) is 20.7 Å². The second-order valence-corrected chi connectivity index (χ2v) is 6.16. The molecule has 0 bridgehead atoms. The van der Waals surface area contributed by atoms with E-state index in [0.717, 1.165) is 12.8 Å². The van der Waals surface area contributed by atoms with Crippen LogP contribution in [0.25, 0.3) is 0 Å². The highest BCUT2D eigenvalue weighted by molar-refractivity contribution is 5.29. The number of nitrogens with zero attached hydrogens (tertiary/aromatic N) is 1. The van der Waals surface area contributed by atoms with Crippen LogP contribution in [-0.4, -0.2) is 31.1 Å². The molecule has 0 saturated heterocycles. The molecule has 0 spiro atoms. The fraction of sp³-hybridized carbons (Fsp3) is 0.647. The topological polar surface area (TPSA) is 38.5 Å². The smallest absolute Gasteiger partial charge is 0.131 e. The lowest BCUT2D eigenvalue weighted by Gasteiger charge is -2.41. The molecule has 0 aromatic heterocycles. The Morgan fingerprint density at radius 3 is 2.43 bits per heavy atom. The molecule has 0 aliphatic heterocycles. The van der Waals surface area contributed by atoms with E-state index in [1.807, 2.05) is 12.1 Å². The summed E-state index contributed by atoms with van der Waals surface area (Å²) in [5.74, 6) is 0.351. The van der Waals surface area contributed by atoms with E-state index >= 15 is 0 Å². The van der Waals surface area contributed by atoms with Crippen LogP contribution in [0.3, 0.4) is 0 Å². The van der Waals surface area contributed by atoms with Crippen LogP contribution in [-0.2, 0) is 6.54 Å². The van der Waals surface area contributed by atoms with E-state index in [1.165, 1.54) is 31.7 Å². The standard InChI is InChI=1S/C17H27FN2O/c1-20(17(13-19)9-5-3-4-6-10-17)12-14-7-8-15(21-2)11-16(14)18/h7-8,11H,3-6,9-10,12-13,19H2,1-2H3. The highest BCUT2D eigenvalue weighted by Gasteiger charge is 2.33. The minimum atomic E-state index is -0.206. The van der Waals surface area contributed by atoms with E-state index in [4.69, 9.17) is 10.5 Å². The van der Waals surface area contributed by atoms with Gasteiger partial charge in [-0.25, -0.2) is 4.39 Å². The van der Waals surface area contributed by atoms with Gasteiger partial charge in [0.1, 0.15) is 11.6 Å². The van der Waals surface area contributed by atoms with Gasteiger partial charge in [0.05, 0.1) is 7.11 Å². The van der Waals surface area contributed by atoms with E-state index in [-0.39, 0.29) is 11.4 Å². The lowest BCUT2D eigenvalue weighted by atomic mass is 9.88. The van der Waals surface area contributed by atoms with E-state index in [1.54, 1.807) is 7.11 Å². The van der Waals surface area contributed by atoms with Crippen LogP contribution < -0.4 is 10.5 Å². The summed E-state index contributed by atoms with van der Waals surface area (Å²) in [7, 11) is 3.62. The number of hydrogen-bond donors (Lipinski definition) is 1. The van der Waals surface area contributed by atoms with Gasteiger partial charge in [0.2, 0.25) is 0 Å². The zero-order valence-corrected chi connectivity index (χ0v) is 13.2. The Hall–Kier alpha value is -1.13. The fourth-order valence-corrected chi connectivity index (χ4v) is 3.33. The molecule has 0 amide bonds. The second kappa shape index (κ2) is 7.23. The first-order chi connectivity index (χ1) is 10.1. The van der Waals surface area contributed by atoms with Crippen molar-refractivity contribution >= 4 is 0 Å². The number of rotatable bonds is 5. The third kappa shape index (κ3) is 3.74. The van der Waals surface area contributed by atoms with Crippen LogP contribution >= 0.6 is 0 Å². The molecule has 2 N–H and O–H groups in total. The SMILES string of the molecule is COc1ccc(CN(C)C2(CN)CCCCCC2)c(F)c1. The number of hydrogen-bond acceptors (Lipinski definition) is 3. The Morgan fingerprint density at radius 2 is 1.90 bits per heavy atom. The largest absolute Gasteiger partial charge is 0.497 e. The first-order valence-electron chi connectivity index (χ1n) is 7.85. The van der Waals surface area contributed by atoms with Gasteiger partial charge in [-0.2, -0.15) is 0 Å². The van der Waals surface area contributed by atoms with Gasteiger partial charge >= 0.3 is 0 Å². The van der Waals surface area contributed by atoms with Crippen molar-refractivity contribution in [1.82, 2.24) is 4.90 Å². The number of benzene rings is 1.